The van der Waals surface area contributed by atoms with E-state index >= 15 is 0 Å². The van der Waals surface area contributed by atoms with Gasteiger partial charge in [0.25, 0.3) is 0 Å². The molecule has 0 heterocycles. The summed E-state index contributed by atoms with van der Waals surface area (Å²) < 4.78 is 179. The van der Waals surface area contributed by atoms with Crippen LogP contribution in [0.4, 0.5) is 61.5 Å². The summed E-state index contributed by atoms with van der Waals surface area (Å²) in [4.78, 5) is -2.69. The van der Waals surface area contributed by atoms with Crippen LogP contribution in [0.15, 0.2) is 9.79 Å². The van der Waals surface area contributed by atoms with E-state index in [9.17, 15) is 61.5 Å². The molecule has 16 heteroatoms. The van der Waals surface area contributed by atoms with Gasteiger partial charge in [0.2, 0.25) is 0 Å². The van der Waals surface area contributed by atoms with Crippen LogP contribution in [-0.4, -0.2) is 35.7 Å². The lowest BCUT2D eigenvalue weighted by Gasteiger charge is -2.19. The average Bonchev–Trinajstić information content (AvgIpc) is 2.63. The van der Waals surface area contributed by atoms with Crippen molar-refractivity contribution in [1.29, 1.82) is 0 Å². The molecule has 1 rings (SSSR count). The van der Waals surface area contributed by atoms with Gasteiger partial charge < -0.3 is 0 Å². The molecule has 0 aromatic heterocycles. The van der Waals surface area contributed by atoms with E-state index in [4.69, 9.17) is 0 Å². The highest BCUT2D eigenvalue weighted by Gasteiger charge is 2.57. The number of halogens is 14. The van der Waals surface area contributed by atoms with Crippen molar-refractivity contribution in [3.05, 3.63) is 23.3 Å². The fourth-order valence-electron chi connectivity index (χ4n) is 2.07. The zero-order valence-electron chi connectivity index (χ0n) is 15.4. The molecule has 186 valence electrons. The van der Waals surface area contributed by atoms with Gasteiger partial charge in [0.15, 0.2) is 23.3 Å². The van der Waals surface area contributed by atoms with Crippen molar-refractivity contribution >= 4 is 23.5 Å². The van der Waals surface area contributed by atoms with E-state index in [1.165, 1.54) is 0 Å². The summed E-state index contributed by atoms with van der Waals surface area (Å²) in [5.41, 5.74) is 0. The molecule has 0 atom stereocenters. The molecule has 1 aromatic rings. The Labute approximate surface area is 180 Å². The Morgan fingerprint density at radius 3 is 0.938 bits per heavy atom. The number of hydrogen-bond acceptors (Lipinski definition) is 2. The standard InChI is InChI=1S/C16H12F14S2/c17-7-9(19)12(32-6-2-4-14(23,24)16(28,29)30)10(20)8(18)11(7)31-5-1-3-13(21,22)15(25,26)27/h1-6H2. The first-order chi connectivity index (χ1) is 14.3. The van der Waals surface area contributed by atoms with Gasteiger partial charge in [-0.3, -0.25) is 0 Å². The normalized spacial score (nSPS) is 13.7. The molecule has 0 saturated heterocycles. The number of rotatable bonds is 10. The Morgan fingerprint density at radius 2 is 0.719 bits per heavy atom. The summed E-state index contributed by atoms with van der Waals surface area (Å²) >= 11 is -0.135. The number of thioether (sulfide) groups is 2. The summed E-state index contributed by atoms with van der Waals surface area (Å²) in [5, 5.41) is 0. The summed E-state index contributed by atoms with van der Waals surface area (Å²) in [6.07, 6.45) is -17.0. The zero-order valence-corrected chi connectivity index (χ0v) is 17.0. The summed E-state index contributed by atoms with van der Waals surface area (Å²) in [5.74, 6) is -19.7. The van der Waals surface area contributed by atoms with Gasteiger partial charge in [0.1, 0.15) is 0 Å². The van der Waals surface area contributed by atoms with Crippen LogP contribution in [0.25, 0.3) is 0 Å². The first kappa shape index (κ1) is 29.0. The molecule has 0 unspecified atom stereocenters. The first-order valence-electron chi connectivity index (χ1n) is 8.34. The molecule has 0 N–H and O–H groups in total. The van der Waals surface area contributed by atoms with Gasteiger partial charge in [-0.2, -0.15) is 43.9 Å². The molecule has 0 nitrogen and oxygen atoms in total. The topological polar surface area (TPSA) is 0 Å². The predicted octanol–water partition coefficient (Wildman–Crippen LogP) is 8.38. The van der Waals surface area contributed by atoms with Gasteiger partial charge in [0.05, 0.1) is 9.79 Å². The third-order valence-corrected chi connectivity index (χ3v) is 6.06. The van der Waals surface area contributed by atoms with E-state index in [0.717, 1.165) is 0 Å². The zero-order chi connectivity index (χ0) is 25.1. The fourth-order valence-corrected chi connectivity index (χ4v) is 3.92. The first-order valence-corrected chi connectivity index (χ1v) is 10.3. The van der Waals surface area contributed by atoms with Gasteiger partial charge in [-0.1, -0.05) is 0 Å². The number of benzene rings is 1. The van der Waals surface area contributed by atoms with Crippen molar-refractivity contribution in [2.45, 2.75) is 59.7 Å². The second kappa shape index (κ2) is 10.5. The molecule has 0 bridgehead atoms. The van der Waals surface area contributed by atoms with Gasteiger partial charge in [-0.05, 0) is 24.3 Å². The molecule has 32 heavy (non-hydrogen) atoms. The molecule has 0 fully saturated rings. The van der Waals surface area contributed by atoms with Crippen molar-refractivity contribution in [3.63, 3.8) is 0 Å². The smallest absolute Gasteiger partial charge is 0.202 e. The van der Waals surface area contributed by atoms with Crippen LogP contribution in [0.1, 0.15) is 25.7 Å². The second-order valence-corrected chi connectivity index (χ2v) is 8.43. The third kappa shape index (κ3) is 6.97. The minimum absolute atomic E-state index is 0.0677. The third-order valence-electron chi connectivity index (χ3n) is 3.78. The molecule has 0 spiro atoms. The monoisotopic (exact) mass is 534 g/mol. The van der Waals surface area contributed by atoms with E-state index in [1.807, 2.05) is 0 Å². The molecule has 1 aromatic carbocycles. The lowest BCUT2D eigenvalue weighted by atomic mass is 10.2. The molecule has 0 aliphatic carbocycles. The van der Waals surface area contributed by atoms with Crippen molar-refractivity contribution < 1.29 is 61.5 Å². The SMILES string of the molecule is Fc1c(F)c(SCCCC(F)(F)C(F)(F)F)c(F)c(F)c1SCCCC(F)(F)C(F)(F)F. The van der Waals surface area contributed by atoms with E-state index in [-0.39, 0.29) is 23.5 Å². The summed E-state index contributed by atoms with van der Waals surface area (Å²) in [6.45, 7) is 0. The maximum absolute atomic E-state index is 14.0. The van der Waals surface area contributed by atoms with Crippen LogP contribution in [0.2, 0.25) is 0 Å². The van der Waals surface area contributed by atoms with Crippen molar-refractivity contribution in [2.24, 2.45) is 0 Å². The van der Waals surface area contributed by atoms with Crippen LogP contribution in [0.3, 0.4) is 0 Å². The molecule has 0 amide bonds. The van der Waals surface area contributed by atoms with Gasteiger partial charge in [-0.25, -0.2) is 17.6 Å². The Balaban J connectivity index is 2.80. The Kier molecular flexibility index (Phi) is 9.48. The minimum atomic E-state index is -5.85. The van der Waals surface area contributed by atoms with Crippen molar-refractivity contribution in [2.75, 3.05) is 11.5 Å². The average molecular weight is 534 g/mol. The highest BCUT2D eigenvalue weighted by atomic mass is 32.2. The van der Waals surface area contributed by atoms with Crippen LogP contribution >= 0.6 is 23.5 Å². The van der Waals surface area contributed by atoms with Crippen LogP contribution in [-0.2, 0) is 0 Å². The highest BCUT2D eigenvalue weighted by Crippen LogP contribution is 2.42. The van der Waals surface area contributed by atoms with Crippen LogP contribution < -0.4 is 0 Å². The maximum atomic E-state index is 14.0. The molecule has 0 saturated carbocycles. The predicted molar refractivity (Wildman–Crippen MR) is 88.2 cm³/mol. The van der Waals surface area contributed by atoms with E-state index in [1.54, 1.807) is 0 Å². The highest BCUT2D eigenvalue weighted by molar-refractivity contribution is 7.99. The van der Waals surface area contributed by atoms with Gasteiger partial charge >= 0.3 is 24.2 Å². The Hall–Kier alpha value is -1.06. The largest absolute Gasteiger partial charge is 0.453 e. The van der Waals surface area contributed by atoms with Crippen LogP contribution in [0, 0.1) is 23.3 Å². The quantitative estimate of drug-likeness (QED) is 0.128. The lowest BCUT2D eigenvalue weighted by Crippen LogP contribution is -2.36. The number of alkyl halides is 10. The number of hydrogen-bond donors (Lipinski definition) is 0. The molecular formula is C16H12F14S2. The van der Waals surface area contributed by atoms with Crippen molar-refractivity contribution in [1.82, 2.24) is 0 Å². The summed E-state index contributed by atoms with van der Waals surface area (Å²) in [6, 6.07) is 0. The van der Waals surface area contributed by atoms with Crippen LogP contribution in [0.5, 0.6) is 0 Å². The molecule has 0 radical (unpaired) electrons. The van der Waals surface area contributed by atoms with Gasteiger partial charge in [-0.15, -0.1) is 23.5 Å². The molecule has 0 aliphatic heterocycles. The Bertz CT molecular complexity index is 690. The Morgan fingerprint density at radius 1 is 0.469 bits per heavy atom. The van der Waals surface area contributed by atoms with Crippen molar-refractivity contribution in [3.8, 4) is 0 Å². The lowest BCUT2D eigenvalue weighted by molar-refractivity contribution is -0.284. The maximum Gasteiger partial charge on any atom is 0.453 e. The molecule has 0 aliphatic rings. The summed E-state index contributed by atoms with van der Waals surface area (Å²) in [7, 11) is 0. The van der Waals surface area contributed by atoms with E-state index < -0.39 is 94.4 Å². The van der Waals surface area contributed by atoms with E-state index in [0.29, 0.717) is 0 Å². The molecular weight excluding hydrogens is 522 g/mol. The second-order valence-electron chi connectivity index (χ2n) is 6.22. The minimum Gasteiger partial charge on any atom is -0.202 e. The van der Waals surface area contributed by atoms with E-state index in [2.05, 4.69) is 0 Å². The van der Waals surface area contributed by atoms with Gasteiger partial charge in [0, 0.05) is 12.8 Å². The fraction of sp³-hybridized carbons (Fsp3) is 0.625.